The third kappa shape index (κ3) is 2.04. The summed E-state index contributed by atoms with van der Waals surface area (Å²) in [7, 11) is 1.65. The molecule has 4 nitrogen and oxygen atoms in total. The number of aryl methyl sites for hydroxylation is 1. The van der Waals surface area contributed by atoms with Gasteiger partial charge in [-0.3, -0.25) is 4.40 Å². The SMILES string of the molecule is COc1ccc(-c2nc3c(C)cc(Br)cn3c2N)cc1. The molecule has 0 unspecified atom stereocenters. The Hall–Kier alpha value is -2.01. The van der Waals surface area contributed by atoms with Gasteiger partial charge in [-0.15, -0.1) is 0 Å². The maximum Gasteiger partial charge on any atom is 0.142 e. The van der Waals surface area contributed by atoms with E-state index < -0.39 is 0 Å². The van der Waals surface area contributed by atoms with Crippen molar-refractivity contribution >= 4 is 27.4 Å². The van der Waals surface area contributed by atoms with E-state index in [1.54, 1.807) is 7.11 Å². The van der Waals surface area contributed by atoms with Gasteiger partial charge < -0.3 is 10.5 Å². The Kier molecular flexibility index (Phi) is 3.14. The number of methoxy groups -OCH3 is 1. The van der Waals surface area contributed by atoms with Crippen molar-refractivity contribution in [2.24, 2.45) is 0 Å². The average molecular weight is 332 g/mol. The van der Waals surface area contributed by atoms with Gasteiger partial charge in [0.1, 0.15) is 22.9 Å². The largest absolute Gasteiger partial charge is 0.497 e. The number of imidazole rings is 1. The smallest absolute Gasteiger partial charge is 0.142 e. The molecule has 20 heavy (non-hydrogen) atoms. The van der Waals surface area contributed by atoms with Crippen molar-refractivity contribution in [3.63, 3.8) is 0 Å². The first-order valence-electron chi connectivity index (χ1n) is 6.18. The maximum atomic E-state index is 6.23. The number of hydrogen-bond donors (Lipinski definition) is 1. The Morgan fingerprint density at radius 1 is 1.25 bits per heavy atom. The van der Waals surface area contributed by atoms with Crippen molar-refractivity contribution < 1.29 is 4.74 Å². The summed E-state index contributed by atoms with van der Waals surface area (Å²) in [6.07, 6.45) is 1.93. The minimum Gasteiger partial charge on any atom is -0.497 e. The van der Waals surface area contributed by atoms with Gasteiger partial charge in [0.15, 0.2) is 0 Å². The Morgan fingerprint density at radius 2 is 1.95 bits per heavy atom. The Morgan fingerprint density at radius 3 is 2.60 bits per heavy atom. The molecule has 2 N–H and O–H groups in total. The molecule has 0 fully saturated rings. The summed E-state index contributed by atoms with van der Waals surface area (Å²) in [6.45, 7) is 2.02. The summed E-state index contributed by atoms with van der Waals surface area (Å²) in [5, 5.41) is 0. The molecule has 2 aromatic heterocycles. The fraction of sp³-hybridized carbons (Fsp3) is 0.133. The van der Waals surface area contributed by atoms with Crippen LogP contribution in [0.15, 0.2) is 41.0 Å². The molecule has 0 aliphatic heterocycles. The van der Waals surface area contributed by atoms with E-state index in [9.17, 15) is 0 Å². The van der Waals surface area contributed by atoms with E-state index in [1.807, 2.05) is 47.9 Å². The predicted molar refractivity (Wildman–Crippen MR) is 84.0 cm³/mol. The van der Waals surface area contributed by atoms with Crippen molar-refractivity contribution in [3.05, 3.63) is 46.6 Å². The Labute approximate surface area is 125 Å². The molecular weight excluding hydrogens is 318 g/mol. The van der Waals surface area contributed by atoms with Gasteiger partial charge in [0.25, 0.3) is 0 Å². The van der Waals surface area contributed by atoms with Crippen LogP contribution in [0.5, 0.6) is 5.75 Å². The van der Waals surface area contributed by atoms with Gasteiger partial charge in [-0.25, -0.2) is 4.98 Å². The van der Waals surface area contributed by atoms with Crippen LogP contribution in [0.25, 0.3) is 16.9 Å². The highest BCUT2D eigenvalue weighted by Crippen LogP contribution is 2.30. The number of fused-ring (bicyclic) bond motifs is 1. The topological polar surface area (TPSA) is 52.5 Å². The molecule has 0 bridgehead atoms. The number of ether oxygens (including phenoxy) is 1. The Bertz CT molecular complexity index is 778. The van der Waals surface area contributed by atoms with Crippen LogP contribution >= 0.6 is 15.9 Å². The van der Waals surface area contributed by atoms with Crippen molar-refractivity contribution in [2.75, 3.05) is 12.8 Å². The van der Waals surface area contributed by atoms with Crippen LogP contribution < -0.4 is 10.5 Å². The van der Waals surface area contributed by atoms with E-state index in [0.29, 0.717) is 5.82 Å². The Balaban J connectivity index is 2.20. The zero-order valence-corrected chi connectivity index (χ0v) is 12.8. The van der Waals surface area contributed by atoms with Gasteiger partial charge in [-0.2, -0.15) is 0 Å². The van der Waals surface area contributed by atoms with E-state index in [4.69, 9.17) is 10.5 Å². The van der Waals surface area contributed by atoms with Crippen molar-refractivity contribution in [3.8, 4) is 17.0 Å². The highest BCUT2D eigenvalue weighted by molar-refractivity contribution is 9.10. The molecule has 0 aliphatic rings. The number of benzene rings is 1. The molecule has 3 aromatic rings. The molecular formula is C15H14BrN3O. The quantitative estimate of drug-likeness (QED) is 0.779. The average Bonchev–Trinajstić information content (AvgIpc) is 2.77. The molecule has 0 saturated carbocycles. The molecule has 1 aromatic carbocycles. The lowest BCUT2D eigenvalue weighted by Gasteiger charge is -2.02. The second-order valence-electron chi connectivity index (χ2n) is 4.61. The number of nitrogen functional groups attached to an aromatic ring is 1. The highest BCUT2D eigenvalue weighted by atomic mass is 79.9. The van der Waals surface area contributed by atoms with Gasteiger partial charge in [0.05, 0.1) is 7.11 Å². The second kappa shape index (κ2) is 4.83. The van der Waals surface area contributed by atoms with E-state index in [-0.39, 0.29) is 0 Å². The van der Waals surface area contributed by atoms with Crippen LogP contribution in [0.4, 0.5) is 5.82 Å². The number of aromatic nitrogens is 2. The maximum absolute atomic E-state index is 6.23. The molecule has 0 amide bonds. The monoisotopic (exact) mass is 331 g/mol. The van der Waals surface area contributed by atoms with Crippen LogP contribution in [0.2, 0.25) is 0 Å². The van der Waals surface area contributed by atoms with Gasteiger partial charge >= 0.3 is 0 Å². The molecule has 3 rings (SSSR count). The summed E-state index contributed by atoms with van der Waals surface area (Å²) in [6, 6.07) is 9.76. The summed E-state index contributed by atoms with van der Waals surface area (Å²) < 4.78 is 8.05. The number of anilines is 1. The lowest BCUT2D eigenvalue weighted by atomic mass is 10.1. The lowest BCUT2D eigenvalue weighted by Crippen LogP contribution is -1.95. The third-order valence-corrected chi connectivity index (χ3v) is 3.70. The van der Waals surface area contributed by atoms with Crippen LogP contribution in [-0.4, -0.2) is 16.5 Å². The zero-order valence-electron chi connectivity index (χ0n) is 11.2. The van der Waals surface area contributed by atoms with E-state index >= 15 is 0 Å². The molecule has 5 heteroatoms. The number of nitrogens with two attached hydrogens (primary N) is 1. The van der Waals surface area contributed by atoms with Crippen LogP contribution in [-0.2, 0) is 0 Å². The number of halogens is 1. The summed E-state index contributed by atoms with van der Waals surface area (Å²) >= 11 is 3.48. The molecule has 2 heterocycles. The molecule has 0 saturated heterocycles. The standard InChI is InChI=1S/C15H14BrN3O/c1-9-7-11(16)8-19-14(17)13(18-15(9)19)10-3-5-12(20-2)6-4-10/h3-8H,17H2,1-2H3. The number of nitrogens with zero attached hydrogens (tertiary/aromatic N) is 2. The van der Waals surface area contributed by atoms with Gasteiger partial charge in [0.2, 0.25) is 0 Å². The van der Waals surface area contributed by atoms with Crippen LogP contribution in [0.1, 0.15) is 5.56 Å². The summed E-state index contributed by atoms with van der Waals surface area (Å²) in [5.74, 6) is 1.45. The van der Waals surface area contributed by atoms with Gasteiger partial charge in [-0.05, 0) is 58.7 Å². The van der Waals surface area contributed by atoms with E-state index in [1.165, 1.54) is 0 Å². The zero-order chi connectivity index (χ0) is 14.3. The third-order valence-electron chi connectivity index (χ3n) is 3.27. The molecule has 0 aliphatic carbocycles. The molecule has 0 radical (unpaired) electrons. The lowest BCUT2D eigenvalue weighted by molar-refractivity contribution is 0.415. The predicted octanol–water partition coefficient (Wildman–Crippen LogP) is 3.66. The summed E-state index contributed by atoms with van der Waals surface area (Å²) in [5.41, 5.74) is 9.93. The summed E-state index contributed by atoms with van der Waals surface area (Å²) in [4.78, 5) is 4.65. The first kappa shape index (κ1) is 13.0. The second-order valence-corrected chi connectivity index (χ2v) is 5.52. The fourth-order valence-corrected chi connectivity index (χ4v) is 2.80. The van der Waals surface area contributed by atoms with Gasteiger partial charge in [-0.1, -0.05) is 0 Å². The first-order valence-corrected chi connectivity index (χ1v) is 6.97. The minimum absolute atomic E-state index is 0.634. The van der Waals surface area contributed by atoms with Crippen molar-refractivity contribution in [1.82, 2.24) is 9.38 Å². The minimum atomic E-state index is 0.634. The number of rotatable bonds is 2. The molecule has 102 valence electrons. The molecule has 0 atom stereocenters. The van der Waals surface area contributed by atoms with Gasteiger partial charge in [0, 0.05) is 16.2 Å². The van der Waals surface area contributed by atoms with Crippen LogP contribution in [0.3, 0.4) is 0 Å². The van der Waals surface area contributed by atoms with Crippen molar-refractivity contribution in [2.45, 2.75) is 6.92 Å². The van der Waals surface area contributed by atoms with Crippen molar-refractivity contribution in [1.29, 1.82) is 0 Å². The first-order chi connectivity index (χ1) is 9.60. The van der Waals surface area contributed by atoms with Crippen LogP contribution in [0, 0.1) is 6.92 Å². The normalized spacial score (nSPS) is 10.9. The van der Waals surface area contributed by atoms with E-state index in [2.05, 4.69) is 20.9 Å². The fourth-order valence-electron chi connectivity index (χ4n) is 2.25. The molecule has 0 spiro atoms. The van der Waals surface area contributed by atoms with E-state index in [0.717, 1.165) is 32.7 Å². The number of pyridine rings is 1. The number of hydrogen-bond acceptors (Lipinski definition) is 3. The highest BCUT2D eigenvalue weighted by Gasteiger charge is 2.13.